The first kappa shape index (κ1) is 20.6. The molecule has 6 nitrogen and oxygen atoms in total. The third-order valence-corrected chi connectivity index (χ3v) is 6.22. The van der Waals surface area contributed by atoms with Crippen molar-refractivity contribution < 1.29 is 19.5 Å². The van der Waals surface area contributed by atoms with Gasteiger partial charge in [-0.2, -0.15) is 0 Å². The normalized spacial score (nSPS) is 10.6. The number of nitrogens with one attached hydrogen (secondary N) is 2. The standard InChI is InChI=1S/C23H15ClN2O4S/c24-19-16-6-2-4-8-18(16)31-20(19)22(28)26-17-7-3-1-5-15(17)21(27)25-14-11-9-13(10-12-14)23(29)30/h1-12H,(H,25,27)(H,26,28)(H,29,30). The lowest BCUT2D eigenvalue weighted by Gasteiger charge is -2.11. The maximum absolute atomic E-state index is 12.9. The molecule has 0 unspecified atom stereocenters. The Kier molecular flexibility index (Phi) is 5.70. The Morgan fingerprint density at radius 2 is 1.48 bits per heavy atom. The highest BCUT2D eigenvalue weighted by Gasteiger charge is 2.19. The van der Waals surface area contributed by atoms with Gasteiger partial charge in [-0.15, -0.1) is 11.3 Å². The van der Waals surface area contributed by atoms with Gasteiger partial charge in [0, 0.05) is 15.8 Å². The molecule has 0 aliphatic carbocycles. The highest BCUT2D eigenvalue weighted by Crippen LogP contribution is 2.35. The van der Waals surface area contributed by atoms with Crippen molar-refractivity contribution in [2.45, 2.75) is 0 Å². The van der Waals surface area contributed by atoms with Crippen LogP contribution in [0.25, 0.3) is 10.1 Å². The van der Waals surface area contributed by atoms with Crippen molar-refractivity contribution in [1.82, 2.24) is 0 Å². The number of hydrogen-bond donors (Lipinski definition) is 3. The molecule has 1 heterocycles. The minimum atomic E-state index is -1.05. The number of anilines is 2. The smallest absolute Gasteiger partial charge is 0.335 e. The van der Waals surface area contributed by atoms with E-state index >= 15 is 0 Å². The second-order valence-corrected chi connectivity index (χ2v) is 8.01. The van der Waals surface area contributed by atoms with Crippen LogP contribution in [0.4, 0.5) is 11.4 Å². The van der Waals surface area contributed by atoms with E-state index in [1.54, 1.807) is 24.3 Å². The van der Waals surface area contributed by atoms with E-state index in [-0.39, 0.29) is 11.1 Å². The first-order chi connectivity index (χ1) is 14.9. The van der Waals surface area contributed by atoms with Crippen LogP contribution in [0.5, 0.6) is 0 Å². The molecule has 0 bridgehead atoms. The van der Waals surface area contributed by atoms with Gasteiger partial charge >= 0.3 is 5.97 Å². The van der Waals surface area contributed by atoms with Crippen LogP contribution in [0.3, 0.4) is 0 Å². The molecule has 0 radical (unpaired) electrons. The number of aromatic carboxylic acids is 1. The van der Waals surface area contributed by atoms with Crippen molar-refractivity contribution in [3.05, 3.63) is 93.8 Å². The third kappa shape index (κ3) is 4.28. The van der Waals surface area contributed by atoms with E-state index in [1.165, 1.54) is 35.6 Å². The Labute approximate surface area is 186 Å². The molecular formula is C23H15ClN2O4S. The molecule has 8 heteroatoms. The number of para-hydroxylation sites is 1. The average Bonchev–Trinajstić information content (AvgIpc) is 3.11. The quantitative estimate of drug-likeness (QED) is 0.360. The maximum atomic E-state index is 12.9. The lowest BCUT2D eigenvalue weighted by Crippen LogP contribution is -2.18. The number of fused-ring (bicyclic) bond motifs is 1. The summed E-state index contributed by atoms with van der Waals surface area (Å²) in [4.78, 5) is 37.0. The predicted molar refractivity (Wildman–Crippen MR) is 123 cm³/mol. The summed E-state index contributed by atoms with van der Waals surface area (Å²) in [6, 6.07) is 19.9. The van der Waals surface area contributed by atoms with E-state index in [2.05, 4.69) is 10.6 Å². The van der Waals surface area contributed by atoms with Crippen molar-refractivity contribution in [2.24, 2.45) is 0 Å². The Bertz CT molecular complexity index is 1310. The SMILES string of the molecule is O=C(O)c1ccc(NC(=O)c2ccccc2NC(=O)c2sc3ccccc3c2Cl)cc1. The molecule has 0 saturated heterocycles. The zero-order valence-electron chi connectivity index (χ0n) is 15.9. The second kappa shape index (κ2) is 8.59. The topological polar surface area (TPSA) is 95.5 Å². The highest BCUT2D eigenvalue weighted by molar-refractivity contribution is 7.21. The Morgan fingerprint density at radius 3 is 2.19 bits per heavy atom. The number of halogens is 1. The Hall–Kier alpha value is -3.68. The summed E-state index contributed by atoms with van der Waals surface area (Å²) in [6.07, 6.45) is 0. The molecule has 3 aromatic carbocycles. The molecule has 4 rings (SSSR count). The minimum absolute atomic E-state index is 0.117. The fourth-order valence-corrected chi connectivity index (χ4v) is 4.44. The van der Waals surface area contributed by atoms with Crippen LogP contribution in [0.2, 0.25) is 5.02 Å². The van der Waals surface area contributed by atoms with E-state index in [4.69, 9.17) is 16.7 Å². The Morgan fingerprint density at radius 1 is 0.806 bits per heavy atom. The summed E-state index contributed by atoms with van der Waals surface area (Å²) in [6.45, 7) is 0. The van der Waals surface area contributed by atoms with Gasteiger partial charge in [0.15, 0.2) is 0 Å². The third-order valence-electron chi connectivity index (χ3n) is 4.55. The van der Waals surface area contributed by atoms with Crippen molar-refractivity contribution in [2.75, 3.05) is 10.6 Å². The second-order valence-electron chi connectivity index (χ2n) is 6.58. The van der Waals surface area contributed by atoms with Gasteiger partial charge in [0.1, 0.15) is 4.88 Å². The van der Waals surface area contributed by atoms with Gasteiger partial charge in [0.25, 0.3) is 11.8 Å². The fourth-order valence-electron chi connectivity index (χ4n) is 3.02. The van der Waals surface area contributed by atoms with E-state index in [0.717, 1.165) is 10.1 Å². The van der Waals surface area contributed by atoms with Crippen LogP contribution >= 0.6 is 22.9 Å². The molecule has 4 aromatic rings. The molecule has 3 N–H and O–H groups in total. The van der Waals surface area contributed by atoms with Gasteiger partial charge < -0.3 is 15.7 Å². The van der Waals surface area contributed by atoms with Gasteiger partial charge in [-0.25, -0.2) is 4.79 Å². The van der Waals surface area contributed by atoms with Gasteiger partial charge in [-0.05, 0) is 42.5 Å². The molecule has 2 amide bonds. The maximum Gasteiger partial charge on any atom is 0.335 e. The fraction of sp³-hybridized carbons (Fsp3) is 0. The number of amides is 2. The van der Waals surface area contributed by atoms with Crippen molar-refractivity contribution in [3.8, 4) is 0 Å². The first-order valence-electron chi connectivity index (χ1n) is 9.16. The molecule has 0 spiro atoms. The molecule has 31 heavy (non-hydrogen) atoms. The summed E-state index contributed by atoms with van der Waals surface area (Å²) in [5.74, 6) is -1.90. The van der Waals surface area contributed by atoms with Gasteiger partial charge in [-0.3, -0.25) is 9.59 Å². The lowest BCUT2D eigenvalue weighted by molar-refractivity contribution is 0.0696. The van der Waals surface area contributed by atoms with Crippen LogP contribution in [-0.2, 0) is 0 Å². The lowest BCUT2D eigenvalue weighted by atomic mass is 10.1. The molecule has 0 aliphatic heterocycles. The van der Waals surface area contributed by atoms with Crippen LogP contribution < -0.4 is 10.6 Å². The zero-order valence-corrected chi connectivity index (χ0v) is 17.5. The minimum Gasteiger partial charge on any atom is -0.478 e. The van der Waals surface area contributed by atoms with Crippen molar-refractivity contribution >= 4 is 62.2 Å². The number of carboxylic acid groups (broad SMARTS) is 1. The van der Waals surface area contributed by atoms with Gasteiger partial charge in [0.05, 0.1) is 21.8 Å². The monoisotopic (exact) mass is 450 g/mol. The first-order valence-corrected chi connectivity index (χ1v) is 10.4. The van der Waals surface area contributed by atoms with Crippen molar-refractivity contribution in [3.63, 3.8) is 0 Å². The van der Waals surface area contributed by atoms with E-state index in [1.807, 2.05) is 24.3 Å². The molecular weight excluding hydrogens is 436 g/mol. The van der Waals surface area contributed by atoms with Crippen LogP contribution in [-0.4, -0.2) is 22.9 Å². The average molecular weight is 451 g/mol. The predicted octanol–water partition coefficient (Wildman–Crippen LogP) is 5.76. The van der Waals surface area contributed by atoms with Gasteiger partial charge in [0.2, 0.25) is 0 Å². The summed E-state index contributed by atoms with van der Waals surface area (Å²) < 4.78 is 0.897. The number of carboxylic acids is 1. The summed E-state index contributed by atoms with van der Waals surface area (Å²) in [5.41, 5.74) is 1.14. The number of carbonyl (C=O) groups is 3. The van der Waals surface area contributed by atoms with E-state index < -0.39 is 17.8 Å². The van der Waals surface area contributed by atoms with E-state index in [0.29, 0.717) is 21.3 Å². The van der Waals surface area contributed by atoms with Crippen molar-refractivity contribution in [1.29, 1.82) is 0 Å². The van der Waals surface area contributed by atoms with Crippen LogP contribution in [0, 0.1) is 0 Å². The van der Waals surface area contributed by atoms with Gasteiger partial charge in [-0.1, -0.05) is 41.9 Å². The molecule has 154 valence electrons. The number of benzene rings is 3. The molecule has 0 aliphatic rings. The molecule has 0 saturated carbocycles. The largest absolute Gasteiger partial charge is 0.478 e. The Balaban J connectivity index is 1.56. The highest BCUT2D eigenvalue weighted by atomic mass is 35.5. The number of thiophene rings is 1. The summed E-state index contributed by atoms with van der Waals surface area (Å²) >= 11 is 7.67. The number of carbonyl (C=O) groups excluding carboxylic acids is 2. The van der Waals surface area contributed by atoms with E-state index in [9.17, 15) is 14.4 Å². The summed E-state index contributed by atoms with van der Waals surface area (Å²) in [7, 11) is 0. The molecule has 0 fully saturated rings. The molecule has 0 atom stereocenters. The summed E-state index contributed by atoms with van der Waals surface area (Å²) in [5, 5.41) is 15.6. The zero-order chi connectivity index (χ0) is 22.0. The number of hydrogen-bond acceptors (Lipinski definition) is 4. The number of rotatable bonds is 5. The molecule has 1 aromatic heterocycles. The van der Waals surface area contributed by atoms with Crippen LogP contribution in [0.1, 0.15) is 30.4 Å². The van der Waals surface area contributed by atoms with Crippen LogP contribution in [0.15, 0.2) is 72.8 Å².